The molecule has 1 aromatic rings. The minimum atomic E-state index is 0.0985. The fourth-order valence-corrected chi connectivity index (χ4v) is 3.28. The van der Waals surface area contributed by atoms with Gasteiger partial charge in [0.1, 0.15) is 5.84 Å². The monoisotopic (exact) mass is 338 g/mol. The summed E-state index contributed by atoms with van der Waals surface area (Å²) in [5, 5.41) is 7.51. The second-order valence-corrected chi connectivity index (χ2v) is 6.56. The van der Waals surface area contributed by atoms with E-state index in [-0.39, 0.29) is 5.84 Å². The molecule has 110 valence electrons. The van der Waals surface area contributed by atoms with Crippen LogP contribution in [0.5, 0.6) is 0 Å². The van der Waals surface area contributed by atoms with Crippen LogP contribution in [-0.4, -0.2) is 44.5 Å². The third-order valence-corrected chi connectivity index (χ3v) is 4.71. The van der Waals surface area contributed by atoms with Gasteiger partial charge in [0.2, 0.25) is 0 Å². The number of hydrogen-bond acceptors (Lipinski definition) is 3. The Bertz CT molecular complexity index is 481. The standard InChI is InChI=1S/C15H23BrN4/c1-19-7-5-11(6-8-19)10-20(2)12-3-4-13(15(17)18)14(16)9-12/h3-4,9,11H,5-8,10H2,1-2H3,(H3,17,18). The molecule has 0 atom stereocenters. The van der Waals surface area contributed by atoms with Gasteiger partial charge in [-0.2, -0.15) is 0 Å². The lowest BCUT2D eigenvalue weighted by Crippen LogP contribution is -2.35. The third-order valence-electron chi connectivity index (χ3n) is 4.05. The van der Waals surface area contributed by atoms with Crippen molar-refractivity contribution in [3.63, 3.8) is 0 Å². The Labute approximate surface area is 129 Å². The number of nitrogen functional groups attached to an aromatic ring is 1. The Morgan fingerprint density at radius 2 is 2.10 bits per heavy atom. The number of benzene rings is 1. The van der Waals surface area contributed by atoms with Crippen LogP contribution in [0.3, 0.4) is 0 Å². The number of hydrogen-bond donors (Lipinski definition) is 2. The summed E-state index contributed by atoms with van der Waals surface area (Å²) in [6.07, 6.45) is 2.54. The first kappa shape index (κ1) is 15.3. The predicted molar refractivity (Wildman–Crippen MR) is 88.6 cm³/mol. The normalized spacial score (nSPS) is 17.1. The highest BCUT2D eigenvalue weighted by Gasteiger charge is 2.18. The summed E-state index contributed by atoms with van der Waals surface area (Å²) in [4.78, 5) is 4.69. The van der Waals surface area contributed by atoms with Gasteiger partial charge in [0, 0.05) is 29.3 Å². The van der Waals surface area contributed by atoms with E-state index in [0.29, 0.717) is 0 Å². The molecule has 20 heavy (non-hydrogen) atoms. The van der Waals surface area contributed by atoms with Gasteiger partial charge >= 0.3 is 0 Å². The van der Waals surface area contributed by atoms with Gasteiger partial charge in [0.15, 0.2) is 0 Å². The summed E-state index contributed by atoms with van der Waals surface area (Å²) in [7, 11) is 4.32. The molecule has 1 heterocycles. The zero-order chi connectivity index (χ0) is 14.7. The van der Waals surface area contributed by atoms with Crippen LogP contribution >= 0.6 is 15.9 Å². The maximum atomic E-state index is 7.51. The Hall–Kier alpha value is -1.07. The molecule has 1 saturated heterocycles. The van der Waals surface area contributed by atoms with Crippen molar-refractivity contribution < 1.29 is 0 Å². The van der Waals surface area contributed by atoms with Crippen LogP contribution in [0, 0.1) is 11.3 Å². The second-order valence-electron chi connectivity index (χ2n) is 5.70. The number of nitrogens with one attached hydrogen (secondary N) is 1. The van der Waals surface area contributed by atoms with Crippen LogP contribution in [0.25, 0.3) is 0 Å². The second kappa shape index (κ2) is 6.59. The van der Waals surface area contributed by atoms with E-state index >= 15 is 0 Å². The summed E-state index contributed by atoms with van der Waals surface area (Å²) in [5.41, 5.74) is 7.46. The first-order valence-electron chi connectivity index (χ1n) is 7.01. The van der Waals surface area contributed by atoms with Crippen molar-refractivity contribution in [1.82, 2.24) is 4.90 Å². The quantitative estimate of drug-likeness (QED) is 0.655. The highest BCUT2D eigenvalue weighted by Crippen LogP contribution is 2.25. The minimum Gasteiger partial charge on any atom is -0.384 e. The first-order chi connectivity index (χ1) is 9.47. The zero-order valence-corrected chi connectivity index (χ0v) is 13.8. The van der Waals surface area contributed by atoms with Crippen LogP contribution in [0.1, 0.15) is 18.4 Å². The van der Waals surface area contributed by atoms with Gasteiger partial charge in [0.05, 0.1) is 0 Å². The van der Waals surface area contributed by atoms with Gasteiger partial charge in [-0.05, 0) is 73.0 Å². The highest BCUT2D eigenvalue weighted by atomic mass is 79.9. The molecule has 0 aromatic heterocycles. The largest absolute Gasteiger partial charge is 0.384 e. The van der Waals surface area contributed by atoms with E-state index in [2.05, 4.69) is 39.8 Å². The van der Waals surface area contributed by atoms with Crippen molar-refractivity contribution in [3.05, 3.63) is 28.2 Å². The number of rotatable bonds is 4. The van der Waals surface area contributed by atoms with E-state index in [9.17, 15) is 0 Å². The molecule has 0 aliphatic carbocycles. The molecule has 2 rings (SSSR count). The Morgan fingerprint density at radius 1 is 1.45 bits per heavy atom. The molecule has 1 aromatic carbocycles. The van der Waals surface area contributed by atoms with Crippen molar-refractivity contribution in [2.75, 3.05) is 38.6 Å². The fourth-order valence-electron chi connectivity index (χ4n) is 2.70. The highest BCUT2D eigenvalue weighted by molar-refractivity contribution is 9.10. The maximum Gasteiger partial charge on any atom is 0.123 e. The van der Waals surface area contributed by atoms with Gasteiger partial charge in [-0.3, -0.25) is 5.41 Å². The summed E-state index contributed by atoms with van der Waals surface area (Å²) < 4.78 is 0.887. The van der Waals surface area contributed by atoms with Crippen LogP contribution < -0.4 is 10.6 Å². The zero-order valence-electron chi connectivity index (χ0n) is 12.2. The predicted octanol–water partition coefficient (Wildman–Crippen LogP) is 2.51. The molecule has 0 radical (unpaired) electrons. The molecule has 1 aliphatic heterocycles. The topological polar surface area (TPSA) is 56.4 Å². The molecule has 0 unspecified atom stereocenters. The molecule has 0 spiro atoms. The van der Waals surface area contributed by atoms with Crippen molar-refractivity contribution in [2.45, 2.75) is 12.8 Å². The lowest BCUT2D eigenvalue weighted by Gasteiger charge is -2.32. The van der Waals surface area contributed by atoms with Crippen LogP contribution in [-0.2, 0) is 0 Å². The molecule has 4 nitrogen and oxygen atoms in total. The van der Waals surface area contributed by atoms with Gasteiger partial charge in [0.25, 0.3) is 0 Å². The number of likely N-dealkylation sites (tertiary alicyclic amines) is 1. The Kier molecular flexibility index (Phi) is 5.05. The third kappa shape index (κ3) is 3.73. The number of nitrogens with two attached hydrogens (primary N) is 1. The van der Waals surface area contributed by atoms with Gasteiger partial charge in [-0.15, -0.1) is 0 Å². The van der Waals surface area contributed by atoms with E-state index < -0.39 is 0 Å². The lowest BCUT2D eigenvalue weighted by molar-refractivity contribution is 0.222. The molecule has 1 fully saturated rings. The van der Waals surface area contributed by atoms with Gasteiger partial charge in [-0.1, -0.05) is 0 Å². The number of amidine groups is 1. The lowest BCUT2D eigenvalue weighted by atomic mass is 9.96. The average Bonchev–Trinajstić information content (AvgIpc) is 2.40. The number of halogens is 1. The van der Waals surface area contributed by atoms with Crippen LogP contribution in [0.4, 0.5) is 5.69 Å². The van der Waals surface area contributed by atoms with E-state index in [0.717, 1.165) is 22.5 Å². The summed E-state index contributed by atoms with van der Waals surface area (Å²) in [6.45, 7) is 3.48. The number of anilines is 1. The van der Waals surface area contributed by atoms with E-state index in [4.69, 9.17) is 11.1 Å². The molecular formula is C15H23BrN4. The molecule has 1 aliphatic rings. The molecule has 0 saturated carbocycles. The smallest absolute Gasteiger partial charge is 0.123 e. The number of piperidine rings is 1. The molecule has 3 N–H and O–H groups in total. The SMILES string of the molecule is CN1CCC(CN(C)c2ccc(C(=N)N)c(Br)c2)CC1. The fraction of sp³-hybridized carbons (Fsp3) is 0.533. The minimum absolute atomic E-state index is 0.0985. The van der Waals surface area contributed by atoms with Gasteiger partial charge < -0.3 is 15.5 Å². The van der Waals surface area contributed by atoms with Crippen LogP contribution in [0.15, 0.2) is 22.7 Å². The van der Waals surface area contributed by atoms with Crippen molar-refractivity contribution in [3.8, 4) is 0 Å². The molecule has 0 bridgehead atoms. The summed E-state index contributed by atoms with van der Waals surface area (Å²) >= 11 is 3.49. The van der Waals surface area contributed by atoms with E-state index in [1.807, 2.05) is 18.2 Å². The molecule has 0 amide bonds. The Morgan fingerprint density at radius 3 is 2.65 bits per heavy atom. The average molecular weight is 339 g/mol. The molecule has 5 heteroatoms. The van der Waals surface area contributed by atoms with Crippen molar-refractivity contribution >= 4 is 27.5 Å². The maximum absolute atomic E-state index is 7.51. The van der Waals surface area contributed by atoms with E-state index in [1.54, 1.807) is 0 Å². The Balaban J connectivity index is 2.00. The summed E-state index contributed by atoms with van der Waals surface area (Å²) in [5.74, 6) is 0.865. The number of nitrogens with zero attached hydrogens (tertiary/aromatic N) is 2. The van der Waals surface area contributed by atoms with E-state index in [1.165, 1.54) is 31.6 Å². The van der Waals surface area contributed by atoms with Crippen molar-refractivity contribution in [1.29, 1.82) is 5.41 Å². The van der Waals surface area contributed by atoms with Crippen LogP contribution in [0.2, 0.25) is 0 Å². The van der Waals surface area contributed by atoms with Crippen molar-refractivity contribution in [2.24, 2.45) is 11.7 Å². The first-order valence-corrected chi connectivity index (χ1v) is 7.80. The van der Waals surface area contributed by atoms with Gasteiger partial charge in [-0.25, -0.2) is 0 Å². The molecular weight excluding hydrogens is 316 g/mol. The summed E-state index contributed by atoms with van der Waals surface area (Å²) in [6, 6.07) is 6.00.